The molecule has 0 radical (unpaired) electrons. The third-order valence-corrected chi connectivity index (χ3v) is 2.79. The Balaban J connectivity index is 3.90. The molecule has 0 unspecified atom stereocenters. The van der Waals surface area contributed by atoms with Gasteiger partial charge in [0, 0.05) is 12.3 Å². The van der Waals surface area contributed by atoms with Crippen molar-refractivity contribution in [2.45, 2.75) is 60.3 Å². The molecule has 106 valence electrons. The minimum Gasteiger partial charge on any atom is -0.337 e. The summed E-state index contributed by atoms with van der Waals surface area (Å²) in [7, 11) is 0. The Morgan fingerprint density at radius 2 is 1.67 bits per heavy atom. The third-order valence-electron chi connectivity index (χ3n) is 2.79. The number of carbonyl (C=O) groups is 1. The number of urea groups is 1. The van der Waals surface area contributed by atoms with E-state index in [1.807, 2.05) is 0 Å². The zero-order chi connectivity index (χ0) is 14.0. The third kappa shape index (κ3) is 8.09. The normalized spacial score (nSPS) is 10.6. The van der Waals surface area contributed by atoms with Gasteiger partial charge in [-0.1, -0.05) is 53.9 Å². The van der Waals surface area contributed by atoms with E-state index in [0.717, 1.165) is 18.7 Å². The summed E-state index contributed by atoms with van der Waals surface area (Å²) in [5, 5.41) is 7.01. The van der Waals surface area contributed by atoms with Gasteiger partial charge in [0.2, 0.25) is 0 Å². The lowest BCUT2D eigenvalue weighted by molar-refractivity contribution is 0.241. The van der Waals surface area contributed by atoms with Crippen LogP contribution in [0.2, 0.25) is 0 Å². The van der Waals surface area contributed by atoms with Crippen LogP contribution in [0.4, 0.5) is 4.79 Å². The van der Waals surface area contributed by atoms with E-state index in [0.29, 0.717) is 11.8 Å². The van der Waals surface area contributed by atoms with Gasteiger partial charge < -0.3 is 5.32 Å². The topological polar surface area (TPSA) is 53.5 Å². The van der Waals surface area contributed by atoms with Crippen molar-refractivity contribution >= 4 is 11.7 Å². The monoisotopic (exact) mass is 255 g/mol. The molecule has 0 aliphatic rings. The predicted octanol–water partition coefficient (Wildman–Crippen LogP) is 3.53. The van der Waals surface area contributed by atoms with E-state index in [2.05, 4.69) is 50.5 Å². The highest BCUT2D eigenvalue weighted by Gasteiger charge is 2.10. The first kappa shape index (κ1) is 16.9. The average Bonchev–Trinajstić information content (AvgIpc) is 2.28. The van der Waals surface area contributed by atoms with Gasteiger partial charge in [-0.2, -0.15) is 5.10 Å². The molecule has 0 aromatic heterocycles. The first-order chi connectivity index (χ1) is 8.49. The quantitative estimate of drug-likeness (QED) is 0.389. The molecular weight excluding hydrogens is 226 g/mol. The molecule has 18 heavy (non-hydrogen) atoms. The zero-order valence-corrected chi connectivity index (χ0v) is 12.5. The number of hydrogen-bond acceptors (Lipinski definition) is 2. The summed E-state index contributed by atoms with van der Waals surface area (Å²) in [6, 6.07) is -0.203. The first-order valence-electron chi connectivity index (χ1n) is 7.10. The van der Waals surface area contributed by atoms with E-state index in [9.17, 15) is 4.79 Å². The molecule has 0 heterocycles. The van der Waals surface area contributed by atoms with Gasteiger partial charge in [0.25, 0.3) is 0 Å². The fourth-order valence-corrected chi connectivity index (χ4v) is 1.83. The Morgan fingerprint density at radius 1 is 1.06 bits per heavy atom. The lowest BCUT2D eigenvalue weighted by Crippen LogP contribution is -2.34. The second-order valence-electron chi connectivity index (χ2n) is 5.27. The van der Waals surface area contributed by atoms with Gasteiger partial charge in [0.05, 0.1) is 0 Å². The Morgan fingerprint density at radius 3 is 2.17 bits per heavy atom. The van der Waals surface area contributed by atoms with Crippen LogP contribution in [0, 0.1) is 11.8 Å². The van der Waals surface area contributed by atoms with Gasteiger partial charge in [-0.25, -0.2) is 10.2 Å². The van der Waals surface area contributed by atoms with Crippen LogP contribution in [0.15, 0.2) is 5.10 Å². The van der Waals surface area contributed by atoms with E-state index in [1.165, 1.54) is 19.3 Å². The molecule has 0 aromatic carbocycles. The molecular formula is C14H29N3O. The van der Waals surface area contributed by atoms with Crippen molar-refractivity contribution in [1.82, 2.24) is 10.7 Å². The summed E-state index contributed by atoms with van der Waals surface area (Å²) in [6.45, 7) is 11.2. The second-order valence-corrected chi connectivity index (χ2v) is 5.27. The molecule has 0 bridgehead atoms. The lowest BCUT2D eigenvalue weighted by Gasteiger charge is -2.13. The van der Waals surface area contributed by atoms with Gasteiger partial charge >= 0.3 is 6.03 Å². The number of nitrogens with one attached hydrogen (secondary N) is 2. The molecule has 0 rings (SSSR count). The highest BCUT2D eigenvalue weighted by Crippen LogP contribution is 2.06. The Labute approximate surface area is 112 Å². The molecule has 0 spiro atoms. The number of carbonyl (C=O) groups excluding carboxylic acids is 1. The molecule has 0 saturated heterocycles. The fraction of sp³-hybridized carbons (Fsp3) is 0.857. The van der Waals surface area contributed by atoms with Gasteiger partial charge in [-0.05, 0) is 18.3 Å². The summed E-state index contributed by atoms with van der Waals surface area (Å²) in [6.07, 6.45) is 4.64. The largest absolute Gasteiger partial charge is 0.337 e. The van der Waals surface area contributed by atoms with Crippen LogP contribution in [0.3, 0.4) is 0 Å². The Kier molecular flexibility index (Phi) is 9.33. The van der Waals surface area contributed by atoms with Crippen molar-refractivity contribution < 1.29 is 4.79 Å². The van der Waals surface area contributed by atoms with Crippen molar-refractivity contribution in [2.24, 2.45) is 16.9 Å². The summed E-state index contributed by atoms with van der Waals surface area (Å²) in [5.74, 6) is 0.713. The highest BCUT2D eigenvalue weighted by molar-refractivity contribution is 5.89. The molecule has 0 aromatic rings. The smallest absolute Gasteiger partial charge is 0.335 e. The lowest BCUT2D eigenvalue weighted by atomic mass is 9.98. The highest BCUT2D eigenvalue weighted by atomic mass is 16.2. The summed E-state index contributed by atoms with van der Waals surface area (Å²) in [5.41, 5.74) is 3.60. The van der Waals surface area contributed by atoms with Gasteiger partial charge in [-0.15, -0.1) is 0 Å². The maximum atomic E-state index is 11.5. The number of nitrogens with zero attached hydrogens (tertiary/aromatic N) is 1. The van der Waals surface area contributed by atoms with Crippen LogP contribution in [0.1, 0.15) is 60.3 Å². The van der Waals surface area contributed by atoms with E-state index in [-0.39, 0.29) is 6.03 Å². The summed E-state index contributed by atoms with van der Waals surface area (Å²) >= 11 is 0. The van der Waals surface area contributed by atoms with Gasteiger partial charge in [0.15, 0.2) is 0 Å². The van der Waals surface area contributed by atoms with Crippen LogP contribution in [-0.4, -0.2) is 18.3 Å². The molecule has 0 saturated carbocycles. The number of rotatable bonds is 8. The van der Waals surface area contributed by atoms with Crippen LogP contribution in [0.5, 0.6) is 0 Å². The average molecular weight is 255 g/mol. The molecule has 0 aliphatic heterocycles. The van der Waals surface area contributed by atoms with Gasteiger partial charge in [0.1, 0.15) is 0 Å². The minimum absolute atomic E-state index is 0.203. The van der Waals surface area contributed by atoms with Crippen molar-refractivity contribution in [3.63, 3.8) is 0 Å². The molecule has 2 amide bonds. The molecule has 4 heteroatoms. The first-order valence-corrected chi connectivity index (χ1v) is 7.10. The summed E-state index contributed by atoms with van der Waals surface area (Å²) < 4.78 is 0. The number of hydrazone groups is 1. The molecule has 0 aliphatic carbocycles. The van der Waals surface area contributed by atoms with Crippen molar-refractivity contribution in [3.8, 4) is 0 Å². The van der Waals surface area contributed by atoms with Crippen molar-refractivity contribution in [1.29, 1.82) is 0 Å². The SMILES string of the molecule is CCCCCCNC(=O)NN=C(C(C)C)C(C)C. The number of unbranched alkanes of at least 4 members (excludes halogenated alkanes) is 3. The summed E-state index contributed by atoms with van der Waals surface area (Å²) in [4.78, 5) is 11.5. The minimum atomic E-state index is -0.203. The Hall–Kier alpha value is -1.06. The maximum absolute atomic E-state index is 11.5. The van der Waals surface area contributed by atoms with Crippen LogP contribution in [0.25, 0.3) is 0 Å². The predicted molar refractivity (Wildman–Crippen MR) is 77.8 cm³/mol. The molecule has 2 N–H and O–H groups in total. The van der Waals surface area contributed by atoms with Crippen LogP contribution < -0.4 is 10.7 Å². The second kappa shape index (κ2) is 9.92. The fourth-order valence-electron chi connectivity index (χ4n) is 1.83. The zero-order valence-electron chi connectivity index (χ0n) is 12.5. The molecule has 4 nitrogen and oxygen atoms in total. The van der Waals surface area contributed by atoms with Crippen molar-refractivity contribution in [3.05, 3.63) is 0 Å². The van der Waals surface area contributed by atoms with Crippen LogP contribution in [-0.2, 0) is 0 Å². The van der Waals surface area contributed by atoms with E-state index in [4.69, 9.17) is 0 Å². The van der Waals surface area contributed by atoms with Gasteiger partial charge in [-0.3, -0.25) is 0 Å². The Bertz CT molecular complexity index is 250. The standard InChI is InChI=1S/C14H29N3O/c1-6-7-8-9-10-15-14(18)17-16-13(11(2)3)12(4)5/h11-12H,6-10H2,1-5H3,(H2,15,17,18). The maximum Gasteiger partial charge on any atom is 0.335 e. The number of hydrogen-bond donors (Lipinski definition) is 2. The van der Waals surface area contributed by atoms with E-state index >= 15 is 0 Å². The van der Waals surface area contributed by atoms with E-state index < -0.39 is 0 Å². The number of amides is 2. The van der Waals surface area contributed by atoms with Crippen LogP contribution >= 0.6 is 0 Å². The van der Waals surface area contributed by atoms with Crippen molar-refractivity contribution in [2.75, 3.05) is 6.54 Å². The van der Waals surface area contributed by atoms with E-state index in [1.54, 1.807) is 0 Å². The molecule has 0 atom stereocenters. The molecule has 0 fully saturated rings.